The average Bonchev–Trinajstić information content (AvgIpc) is 3.05. The van der Waals surface area contributed by atoms with Crippen molar-refractivity contribution in [2.24, 2.45) is 0 Å². The molecule has 0 aliphatic heterocycles. The van der Waals surface area contributed by atoms with Gasteiger partial charge in [-0.1, -0.05) is 0 Å². The van der Waals surface area contributed by atoms with Crippen molar-refractivity contribution in [3.63, 3.8) is 0 Å². The third kappa shape index (κ3) is 5.52. The number of rotatable bonds is 6. The van der Waals surface area contributed by atoms with Crippen molar-refractivity contribution in [1.82, 2.24) is 0 Å². The molecule has 0 aliphatic rings. The van der Waals surface area contributed by atoms with Crippen LogP contribution in [-0.2, 0) is 14.3 Å². The number of esters is 1. The van der Waals surface area contributed by atoms with Crippen LogP contribution in [0.3, 0.4) is 0 Å². The molecule has 1 aromatic carbocycles. The normalized spacial score (nSPS) is 10.5. The van der Waals surface area contributed by atoms with Gasteiger partial charge in [0.25, 0.3) is 5.91 Å². The smallest absolute Gasteiger partial charge is 0.331 e. The lowest BCUT2D eigenvalue weighted by molar-refractivity contribution is -0.142. The number of carbonyl (C=O) groups is 3. The van der Waals surface area contributed by atoms with Gasteiger partial charge in [0.1, 0.15) is 0 Å². The number of hydrogen-bond donors (Lipinski definition) is 1. The first kappa shape index (κ1) is 16.6. The maximum atomic E-state index is 11.7. The second-order valence-electron chi connectivity index (χ2n) is 4.68. The Hall–Kier alpha value is -2.73. The molecule has 5 nitrogen and oxygen atoms in total. The zero-order chi connectivity index (χ0) is 16.7. The zero-order valence-corrected chi connectivity index (χ0v) is 13.3. The summed E-state index contributed by atoms with van der Waals surface area (Å²) in [5.74, 6) is -1.08. The minimum absolute atomic E-state index is 0.0470. The summed E-state index contributed by atoms with van der Waals surface area (Å²) in [6.45, 7) is 1.10. The molecule has 0 unspecified atom stereocenters. The summed E-state index contributed by atoms with van der Waals surface area (Å²) in [6, 6.07) is 8.34. The summed E-state index contributed by atoms with van der Waals surface area (Å²) in [5.41, 5.74) is 2.00. The van der Waals surface area contributed by atoms with Gasteiger partial charge >= 0.3 is 5.97 Å². The number of ether oxygens (including phenoxy) is 1. The Kier molecular flexibility index (Phi) is 5.82. The Balaban J connectivity index is 1.78. The SMILES string of the molecule is CC(=O)c1ccc(NC(=O)COC(=O)/C=C/c2ccsc2)cc1. The molecule has 0 fully saturated rings. The number of hydrogen-bond acceptors (Lipinski definition) is 5. The minimum atomic E-state index is -0.585. The Morgan fingerprint density at radius 3 is 2.52 bits per heavy atom. The highest BCUT2D eigenvalue weighted by atomic mass is 32.1. The van der Waals surface area contributed by atoms with Crippen molar-refractivity contribution in [3.8, 4) is 0 Å². The van der Waals surface area contributed by atoms with E-state index < -0.39 is 11.9 Å². The molecule has 1 heterocycles. The second kappa shape index (κ2) is 8.05. The summed E-state index contributed by atoms with van der Waals surface area (Å²) in [7, 11) is 0. The topological polar surface area (TPSA) is 72.5 Å². The van der Waals surface area contributed by atoms with Crippen LogP contribution < -0.4 is 5.32 Å². The predicted molar refractivity (Wildman–Crippen MR) is 89.4 cm³/mol. The number of anilines is 1. The summed E-state index contributed by atoms with van der Waals surface area (Å²) < 4.78 is 4.85. The van der Waals surface area contributed by atoms with Gasteiger partial charge in [0.15, 0.2) is 12.4 Å². The van der Waals surface area contributed by atoms with Crippen LogP contribution in [0.5, 0.6) is 0 Å². The van der Waals surface area contributed by atoms with Gasteiger partial charge in [0.2, 0.25) is 0 Å². The van der Waals surface area contributed by atoms with Crippen LogP contribution in [0, 0.1) is 0 Å². The maximum Gasteiger partial charge on any atom is 0.331 e. The first-order valence-electron chi connectivity index (χ1n) is 6.82. The van der Waals surface area contributed by atoms with Crippen molar-refractivity contribution < 1.29 is 19.1 Å². The van der Waals surface area contributed by atoms with E-state index in [0.717, 1.165) is 5.56 Å². The lowest BCUT2D eigenvalue weighted by atomic mass is 10.1. The van der Waals surface area contributed by atoms with Gasteiger partial charge in [0.05, 0.1) is 0 Å². The van der Waals surface area contributed by atoms with E-state index in [2.05, 4.69) is 5.32 Å². The Bertz CT molecular complexity index is 718. The van der Waals surface area contributed by atoms with Gasteiger partial charge in [-0.25, -0.2) is 4.79 Å². The maximum absolute atomic E-state index is 11.7. The zero-order valence-electron chi connectivity index (χ0n) is 12.4. The van der Waals surface area contributed by atoms with Gasteiger partial charge in [-0.15, -0.1) is 0 Å². The van der Waals surface area contributed by atoms with Crippen LogP contribution in [0.25, 0.3) is 6.08 Å². The highest BCUT2D eigenvalue weighted by Crippen LogP contribution is 2.10. The van der Waals surface area contributed by atoms with Gasteiger partial charge in [-0.3, -0.25) is 9.59 Å². The van der Waals surface area contributed by atoms with E-state index in [1.807, 2.05) is 16.8 Å². The van der Waals surface area contributed by atoms with Gasteiger partial charge < -0.3 is 10.1 Å². The molecule has 0 radical (unpaired) electrons. The Labute approximate surface area is 137 Å². The van der Waals surface area contributed by atoms with Gasteiger partial charge in [-0.05, 0) is 59.7 Å². The molecule has 0 bridgehead atoms. The first-order valence-corrected chi connectivity index (χ1v) is 7.77. The molecule has 1 aromatic heterocycles. The van der Waals surface area contributed by atoms with Crippen molar-refractivity contribution in [3.05, 3.63) is 58.3 Å². The van der Waals surface area contributed by atoms with Gasteiger partial charge in [-0.2, -0.15) is 11.3 Å². The number of carbonyl (C=O) groups excluding carboxylic acids is 3. The molecular formula is C17H15NO4S. The van der Waals surface area contributed by atoms with Crippen molar-refractivity contribution in [2.75, 3.05) is 11.9 Å². The van der Waals surface area contributed by atoms with Crippen LogP contribution in [0.1, 0.15) is 22.8 Å². The number of nitrogens with one attached hydrogen (secondary N) is 1. The van der Waals surface area contributed by atoms with Crippen LogP contribution in [0.4, 0.5) is 5.69 Å². The largest absolute Gasteiger partial charge is 0.452 e. The number of amides is 1. The number of ketones is 1. The van der Waals surface area contributed by atoms with Crippen LogP contribution >= 0.6 is 11.3 Å². The summed E-state index contributed by atoms with van der Waals surface area (Å²) in [5, 5.41) is 6.37. The first-order chi connectivity index (χ1) is 11.0. The molecule has 0 saturated carbocycles. The fraction of sp³-hybridized carbons (Fsp3) is 0.118. The monoisotopic (exact) mass is 329 g/mol. The predicted octanol–water partition coefficient (Wildman–Crippen LogP) is 3.15. The number of Topliss-reactive ketones (excluding diaryl/α,β-unsaturated/α-hetero) is 1. The van der Waals surface area contributed by atoms with E-state index in [1.165, 1.54) is 24.3 Å². The highest BCUT2D eigenvalue weighted by Gasteiger charge is 2.06. The van der Waals surface area contributed by atoms with E-state index in [1.54, 1.807) is 30.3 Å². The standard InChI is InChI=1S/C17H15NO4S/c1-12(19)14-3-5-15(6-4-14)18-16(20)10-22-17(21)7-2-13-8-9-23-11-13/h2-9,11H,10H2,1H3,(H,18,20)/b7-2+. The number of thiophene rings is 1. The molecule has 23 heavy (non-hydrogen) atoms. The summed E-state index contributed by atoms with van der Waals surface area (Å²) in [4.78, 5) is 34.3. The molecule has 0 atom stereocenters. The van der Waals surface area contributed by atoms with E-state index in [9.17, 15) is 14.4 Å². The molecular weight excluding hydrogens is 314 g/mol. The quantitative estimate of drug-likeness (QED) is 0.502. The highest BCUT2D eigenvalue weighted by molar-refractivity contribution is 7.08. The summed E-state index contributed by atoms with van der Waals surface area (Å²) in [6.07, 6.45) is 2.90. The second-order valence-corrected chi connectivity index (χ2v) is 5.46. The van der Waals surface area contributed by atoms with Crippen molar-refractivity contribution >= 4 is 40.8 Å². The molecule has 0 saturated heterocycles. The van der Waals surface area contributed by atoms with Crippen LogP contribution in [-0.4, -0.2) is 24.3 Å². The van der Waals surface area contributed by atoms with Crippen molar-refractivity contribution in [1.29, 1.82) is 0 Å². The molecule has 1 N–H and O–H groups in total. The Morgan fingerprint density at radius 1 is 1.17 bits per heavy atom. The van der Waals surface area contributed by atoms with E-state index >= 15 is 0 Å². The number of benzene rings is 1. The molecule has 6 heteroatoms. The fourth-order valence-corrected chi connectivity index (χ4v) is 2.33. The van der Waals surface area contributed by atoms with E-state index in [-0.39, 0.29) is 12.4 Å². The van der Waals surface area contributed by atoms with Crippen LogP contribution in [0.2, 0.25) is 0 Å². The molecule has 2 aromatic rings. The lowest BCUT2D eigenvalue weighted by Gasteiger charge is -2.05. The minimum Gasteiger partial charge on any atom is -0.452 e. The summed E-state index contributed by atoms with van der Waals surface area (Å²) >= 11 is 1.52. The van der Waals surface area contributed by atoms with E-state index in [4.69, 9.17) is 4.74 Å². The molecule has 0 aliphatic carbocycles. The molecule has 0 spiro atoms. The van der Waals surface area contributed by atoms with Crippen molar-refractivity contribution in [2.45, 2.75) is 6.92 Å². The third-order valence-electron chi connectivity index (χ3n) is 2.88. The van der Waals surface area contributed by atoms with Gasteiger partial charge in [0, 0.05) is 17.3 Å². The fourth-order valence-electron chi connectivity index (χ4n) is 1.70. The van der Waals surface area contributed by atoms with Crippen LogP contribution in [0.15, 0.2) is 47.2 Å². The molecule has 118 valence electrons. The molecule has 1 amide bonds. The van der Waals surface area contributed by atoms with E-state index in [0.29, 0.717) is 11.3 Å². The Morgan fingerprint density at radius 2 is 1.91 bits per heavy atom. The average molecular weight is 329 g/mol. The third-order valence-corrected chi connectivity index (χ3v) is 3.58. The molecule has 2 rings (SSSR count). The lowest BCUT2D eigenvalue weighted by Crippen LogP contribution is -2.20.